The molecule has 0 fully saturated rings. The normalized spacial score (nSPS) is 25.8. The van der Waals surface area contributed by atoms with E-state index in [0.717, 1.165) is 19.3 Å². The Morgan fingerprint density at radius 1 is 1.44 bits per heavy atom. The maximum absolute atomic E-state index is 10.5. The zero-order valence-corrected chi connectivity index (χ0v) is 10.3. The zero-order chi connectivity index (χ0) is 12.0. The minimum absolute atomic E-state index is 0.248. The van der Waals surface area contributed by atoms with E-state index in [4.69, 9.17) is 5.11 Å². The molecule has 1 unspecified atom stereocenters. The highest BCUT2D eigenvalue weighted by Gasteiger charge is 2.25. The summed E-state index contributed by atoms with van der Waals surface area (Å²) >= 11 is 0. The van der Waals surface area contributed by atoms with E-state index in [2.05, 4.69) is 32.1 Å². The van der Waals surface area contributed by atoms with Gasteiger partial charge in [0.15, 0.2) is 0 Å². The van der Waals surface area contributed by atoms with Crippen molar-refractivity contribution in [3.05, 3.63) is 23.8 Å². The topological polar surface area (TPSA) is 37.3 Å². The van der Waals surface area contributed by atoms with Gasteiger partial charge in [-0.1, -0.05) is 30.7 Å². The summed E-state index contributed by atoms with van der Waals surface area (Å²) in [6.45, 7) is 4.28. The van der Waals surface area contributed by atoms with E-state index in [9.17, 15) is 4.79 Å². The maximum atomic E-state index is 10.5. The standard InChI is InChI=1S/C14H22O2/c1-3-14(9-5-4-6-10-14)11-12(2)7-8-13(15)16/h4-5,11H,3,6-10H2,1-2H3,(H,15,16)/b12-11+. The fraction of sp³-hybridized carbons (Fsp3) is 0.643. The van der Waals surface area contributed by atoms with Gasteiger partial charge in [0.2, 0.25) is 0 Å². The van der Waals surface area contributed by atoms with Crippen molar-refractivity contribution in [3.63, 3.8) is 0 Å². The molecule has 0 aromatic heterocycles. The lowest BCUT2D eigenvalue weighted by molar-refractivity contribution is -0.136. The smallest absolute Gasteiger partial charge is 0.303 e. The van der Waals surface area contributed by atoms with Crippen LogP contribution in [0.3, 0.4) is 0 Å². The third kappa shape index (κ3) is 3.84. The van der Waals surface area contributed by atoms with Crippen LogP contribution in [0, 0.1) is 5.41 Å². The first-order valence-electron chi connectivity index (χ1n) is 6.13. The largest absolute Gasteiger partial charge is 0.481 e. The molecule has 1 aliphatic rings. The Morgan fingerprint density at radius 3 is 2.69 bits per heavy atom. The molecule has 90 valence electrons. The van der Waals surface area contributed by atoms with Crippen LogP contribution < -0.4 is 0 Å². The quantitative estimate of drug-likeness (QED) is 0.715. The van der Waals surface area contributed by atoms with Crippen molar-refractivity contribution in [2.45, 2.75) is 52.4 Å². The van der Waals surface area contributed by atoms with Crippen LogP contribution in [0.15, 0.2) is 23.8 Å². The number of rotatable bonds is 5. The molecule has 0 aromatic rings. The summed E-state index contributed by atoms with van der Waals surface area (Å²) in [7, 11) is 0. The summed E-state index contributed by atoms with van der Waals surface area (Å²) in [5, 5.41) is 8.65. The summed E-state index contributed by atoms with van der Waals surface area (Å²) in [6.07, 6.45) is 12.3. The highest BCUT2D eigenvalue weighted by Crippen LogP contribution is 2.38. The second-order valence-corrected chi connectivity index (χ2v) is 4.81. The molecular weight excluding hydrogens is 200 g/mol. The number of hydrogen-bond donors (Lipinski definition) is 1. The van der Waals surface area contributed by atoms with Crippen LogP contribution >= 0.6 is 0 Å². The van der Waals surface area contributed by atoms with Gasteiger partial charge in [0.25, 0.3) is 0 Å². The SMILES string of the molecule is CCC1(/C=C(\C)CCC(=O)O)CC=CCC1. The molecule has 0 radical (unpaired) electrons. The first-order chi connectivity index (χ1) is 7.58. The predicted octanol–water partition coefficient (Wildman–Crippen LogP) is 3.93. The van der Waals surface area contributed by atoms with E-state index in [0.29, 0.717) is 6.42 Å². The number of carboxylic acids is 1. The van der Waals surface area contributed by atoms with Crippen LogP contribution in [0.1, 0.15) is 52.4 Å². The highest BCUT2D eigenvalue weighted by molar-refractivity contribution is 5.67. The second kappa shape index (κ2) is 5.88. The Balaban J connectivity index is 2.63. The number of carboxylic acid groups (broad SMARTS) is 1. The Bertz CT molecular complexity index is 302. The van der Waals surface area contributed by atoms with Crippen LogP contribution in [0.4, 0.5) is 0 Å². The van der Waals surface area contributed by atoms with Crippen molar-refractivity contribution in [2.75, 3.05) is 0 Å². The minimum atomic E-state index is -0.707. The molecule has 0 bridgehead atoms. The van der Waals surface area contributed by atoms with E-state index in [1.54, 1.807) is 0 Å². The van der Waals surface area contributed by atoms with Gasteiger partial charge in [0.05, 0.1) is 0 Å². The third-order valence-electron chi connectivity index (χ3n) is 3.49. The van der Waals surface area contributed by atoms with Crippen molar-refractivity contribution in [2.24, 2.45) is 5.41 Å². The van der Waals surface area contributed by atoms with E-state index in [-0.39, 0.29) is 11.8 Å². The Hall–Kier alpha value is -1.05. The summed E-state index contributed by atoms with van der Waals surface area (Å²) in [5.41, 5.74) is 1.51. The van der Waals surface area contributed by atoms with Crippen molar-refractivity contribution in [1.82, 2.24) is 0 Å². The number of allylic oxidation sites excluding steroid dienone is 4. The van der Waals surface area contributed by atoms with Gasteiger partial charge >= 0.3 is 5.97 Å². The fourth-order valence-corrected chi connectivity index (χ4v) is 2.36. The summed E-state index contributed by atoms with van der Waals surface area (Å²) in [5.74, 6) is -0.707. The molecule has 0 amide bonds. The molecule has 0 aliphatic heterocycles. The molecule has 0 saturated carbocycles. The molecule has 1 N–H and O–H groups in total. The Kier molecular flexibility index (Phi) is 4.78. The van der Waals surface area contributed by atoms with Gasteiger partial charge in [-0.15, -0.1) is 0 Å². The van der Waals surface area contributed by atoms with Gasteiger partial charge in [-0.25, -0.2) is 0 Å². The van der Waals surface area contributed by atoms with Crippen molar-refractivity contribution >= 4 is 5.97 Å². The van der Waals surface area contributed by atoms with E-state index in [1.807, 2.05) is 0 Å². The first-order valence-corrected chi connectivity index (χ1v) is 6.13. The van der Waals surface area contributed by atoms with Crippen molar-refractivity contribution < 1.29 is 9.90 Å². The Morgan fingerprint density at radius 2 is 2.19 bits per heavy atom. The molecule has 2 heteroatoms. The molecule has 1 atom stereocenters. The average Bonchev–Trinajstić information content (AvgIpc) is 2.28. The van der Waals surface area contributed by atoms with Gasteiger partial charge in [-0.3, -0.25) is 4.79 Å². The monoisotopic (exact) mass is 222 g/mol. The lowest BCUT2D eigenvalue weighted by Crippen LogP contribution is -2.18. The number of hydrogen-bond acceptors (Lipinski definition) is 1. The molecular formula is C14H22O2. The van der Waals surface area contributed by atoms with Gasteiger partial charge < -0.3 is 5.11 Å². The molecule has 16 heavy (non-hydrogen) atoms. The van der Waals surface area contributed by atoms with Crippen LogP contribution in [0.2, 0.25) is 0 Å². The summed E-state index contributed by atoms with van der Waals surface area (Å²) in [6, 6.07) is 0. The van der Waals surface area contributed by atoms with Crippen molar-refractivity contribution in [1.29, 1.82) is 0 Å². The fourth-order valence-electron chi connectivity index (χ4n) is 2.36. The average molecular weight is 222 g/mol. The van der Waals surface area contributed by atoms with Gasteiger partial charge in [0, 0.05) is 6.42 Å². The Labute approximate surface area is 98.1 Å². The molecule has 0 saturated heterocycles. The first kappa shape index (κ1) is 13.0. The van der Waals surface area contributed by atoms with Gasteiger partial charge in [-0.05, 0) is 44.4 Å². The molecule has 2 nitrogen and oxygen atoms in total. The summed E-state index contributed by atoms with van der Waals surface area (Å²) < 4.78 is 0. The van der Waals surface area contributed by atoms with Gasteiger partial charge in [0.1, 0.15) is 0 Å². The lowest BCUT2D eigenvalue weighted by Gasteiger charge is -2.31. The van der Waals surface area contributed by atoms with Crippen LogP contribution in [-0.2, 0) is 4.79 Å². The lowest BCUT2D eigenvalue weighted by atomic mass is 9.73. The van der Waals surface area contributed by atoms with Gasteiger partial charge in [-0.2, -0.15) is 0 Å². The van der Waals surface area contributed by atoms with E-state index in [1.165, 1.54) is 12.0 Å². The second-order valence-electron chi connectivity index (χ2n) is 4.81. The van der Waals surface area contributed by atoms with E-state index >= 15 is 0 Å². The highest BCUT2D eigenvalue weighted by atomic mass is 16.4. The zero-order valence-electron chi connectivity index (χ0n) is 10.3. The molecule has 1 aliphatic carbocycles. The van der Waals surface area contributed by atoms with Crippen LogP contribution in [0.25, 0.3) is 0 Å². The van der Waals surface area contributed by atoms with Crippen molar-refractivity contribution in [3.8, 4) is 0 Å². The molecule has 0 spiro atoms. The predicted molar refractivity (Wildman–Crippen MR) is 66.3 cm³/mol. The van der Waals surface area contributed by atoms with Crippen LogP contribution in [0.5, 0.6) is 0 Å². The maximum Gasteiger partial charge on any atom is 0.303 e. The number of aliphatic carboxylic acids is 1. The minimum Gasteiger partial charge on any atom is -0.481 e. The number of carbonyl (C=O) groups is 1. The van der Waals surface area contributed by atoms with E-state index < -0.39 is 5.97 Å². The third-order valence-corrected chi connectivity index (χ3v) is 3.49. The molecule has 0 heterocycles. The molecule has 1 rings (SSSR count). The molecule has 0 aromatic carbocycles. The summed E-state index contributed by atoms with van der Waals surface area (Å²) in [4.78, 5) is 10.5. The van der Waals surface area contributed by atoms with Crippen LogP contribution in [-0.4, -0.2) is 11.1 Å².